The van der Waals surface area contributed by atoms with Crippen LogP contribution in [0.15, 0.2) is 23.1 Å². The van der Waals surface area contributed by atoms with E-state index in [4.69, 9.17) is 0 Å². The van der Waals surface area contributed by atoms with E-state index in [0.29, 0.717) is 11.2 Å². The Morgan fingerprint density at radius 3 is 2.90 bits per heavy atom. The van der Waals surface area contributed by atoms with Gasteiger partial charge in [0.15, 0.2) is 5.65 Å². The third-order valence-electron chi connectivity index (χ3n) is 4.04. The minimum Gasteiger partial charge on any atom is -0.349 e. The van der Waals surface area contributed by atoms with Crippen molar-refractivity contribution in [2.24, 2.45) is 5.92 Å². The van der Waals surface area contributed by atoms with Gasteiger partial charge in [0.05, 0.1) is 5.56 Å². The molecule has 2 N–H and O–H groups in total. The van der Waals surface area contributed by atoms with Gasteiger partial charge in [-0.1, -0.05) is 6.92 Å². The summed E-state index contributed by atoms with van der Waals surface area (Å²) in [6, 6.07) is 3.60. The van der Waals surface area contributed by atoms with E-state index in [1.165, 1.54) is 4.40 Å². The molecule has 0 aliphatic heterocycles. The van der Waals surface area contributed by atoms with Crippen molar-refractivity contribution in [2.75, 3.05) is 0 Å². The van der Waals surface area contributed by atoms with Gasteiger partial charge < -0.3 is 5.32 Å². The van der Waals surface area contributed by atoms with E-state index in [2.05, 4.69) is 22.4 Å². The number of amides is 1. The Bertz CT molecular complexity index is 680. The second-order valence-corrected chi connectivity index (χ2v) is 5.57. The molecule has 2 aromatic heterocycles. The molecular weight excluding hydrogens is 256 g/mol. The van der Waals surface area contributed by atoms with Gasteiger partial charge in [0.2, 0.25) is 0 Å². The number of aromatic amines is 1. The van der Waals surface area contributed by atoms with Crippen LogP contribution < -0.4 is 11.0 Å². The molecular formula is C14H18N4O2. The van der Waals surface area contributed by atoms with E-state index in [1.54, 1.807) is 18.3 Å². The zero-order valence-corrected chi connectivity index (χ0v) is 11.4. The van der Waals surface area contributed by atoms with Gasteiger partial charge in [-0.2, -0.15) is 5.10 Å². The van der Waals surface area contributed by atoms with Crippen LogP contribution in [0.25, 0.3) is 5.65 Å². The number of carbonyl (C=O) groups is 1. The highest BCUT2D eigenvalue weighted by Gasteiger charge is 2.21. The lowest BCUT2D eigenvalue weighted by atomic mass is 9.87. The third-order valence-corrected chi connectivity index (χ3v) is 4.04. The highest BCUT2D eigenvalue weighted by molar-refractivity contribution is 5.99. The van der Waals surface area contributed by atoms with Crippen molar-refractivity contribution in [2.45, 2.75) is 38.6 Å². The Morgan fingerprint density at radius 1 is 1.40 bits per heavy atom. The first-order valence-electron chi connectivity index (χ1n) is 7.02. The van der Waals surface area contributed by atoms with Gasteiger partial charge >= 0.3 is 5.69 Å². The van der Waals surface area contributed by atoms with Crippen LogP contribution in [0.4, 0.5) is 0 Å². The molecule has 0 unspecified atom stereocenters. The SMILES string of the molecule is CC1CCC(NC(=O)c2cccn3c(=O)[nH]nc23)CC1. The Kier molecular flexibility index (Phi) is 3.30. The van der Waals surface area contributed by atoms with E-state index >= 15 is 0 Å². The predicted octanol–water partition coefficient (Wildman–Crippen LogP) is 1.33. The number of pyridine rings is 1. The lowest BCUT2D eigenvalue weighted by Crippen LogP contribution is -2.37. The molecule has 1 saturated carbocycles. The Balaban J connectivity index is 1.81. The molecule has 20 heavy (non-hydrogen) atoms. The summed E-state index contributed by atoms with van der Waals surface area (Å²) in [4.78, 5) is 23.8. The standard InChI is InChI=1S/C14H18N4O2/c1-9-4-6-10(7-5-9)15-13(19)11-3-2-8-18-12(11)16-17-14(18)20/h2-3,8-10H,4-7H2,1H3,(H,15,19)(H,17,20). The number of hydrogen-bond acceptors (Lipinski definition) is 3. The molecule has 0 saturated heterocycles. The van der Waals surface area contributed by atoms with E-state index in [9.17, 15) is 9.59 Å². The molecule has 1 aliphatic carbocycles. The second kappa shape index (κ2) is 5.11. The number of nitrogens with one attached hydrogen (secondary N) is 2. The molecule has 0 spiro atoms. The minimum absolute atomic E-state index is 0.158. The first kappa shape index (κ1) is 12.9. The summed E-state index contributed by atoms with van der Waals surface area (Å²) in [7, 11) is 0. The quantitative estimate of drug-likeness (QED) is 0.867. The average molecular weight is 274 g/mol. The minimum atomic E-state index is -0.332. The lowest BCUT2D eigenvalue weighted by molar-refractivity contribution is 0.0924. The number of rotatable bonds is 2. The van der Waals surface area contributed by atoms with Crippen LogP contribution >= 0.6 is 0 Å². The van der Waals surface area contributed by atoms with E-state index in [1.807, 2.05) is 0 Å². The fraction of sp³-hybridized carbons (Fsp3) is 0.500. The summed E-state index contributed by atoms with van der Waals surface area (Å²) in [6.07, 6.45) is 5.93. The third kappa shape index (κ3) is 2.33. The fourth-order valence-corrected chi connectivity index (χ4v) is 2.78. The van der Waals surface area contributed by atoms with Crippen LogP contribution in [-0.2, 0) is 0 Å². The molecule has 0 bridgehead atoms. The molecule has 0 radical (unpaired) electrons. The molecule has 3 rings (SSSR count). The highest BCUT2D eigenvalue weighted by atomic mass is 16.2. The van der Waals surface area contributed by atoms with Gasteiger partial charge in [0, 0.05) is 12.2 Å². The molecule has 0 atom stereocenters. The van der Waals surface area contributed by atoms with Crippen molar-refractivity contribution >= 4 is 11.6 Å². The molecule has 1 fully saturated rings. The maximum Gasteiger partial charge on any atom is 0.347 e. The first-order valence-corrected chi connectivity index (χ1v) is 7.02. The van der Waals surface area contributed by atoms with Crippen molar-refractivity contribution in [1.82, 2.24) is 19.9 Å². The van der Waals surface area contributed by atoms with Crippen molar-refractivity contribution < 1.29 is 4.79 Å². The van der Waals surface area contributed by atoms with Gasteiger partial charge in [-0.3, -0.25) is 4.79 Å². The van der Waals surface area contributed by atoms with Gasteiger partial charge in [-0.15, -0.1) is 0 Å². The zero-order chi connectivity index (χ0) is 14.1. The number of nitrogens with zero attached hydrogens (tertiary/aromatic N) is 2. The van der Waals surface area contributed by atoms with Gasteiger partial charge in [-0.05, 0) is 43.7 Å². The molecule has 1 aliphatic rings. The number of hydrogen-bond donors (Lipinski definition) is 2. The van der Waals surface area contributed by atoms with Gasteiger partial charge in [0.25, 0.3) is 5.91 Å². The first-order chi connectivity index (χ1) is 9.65. The fourth-order valence-electron chi connectivity index (χ4n) is 2.78. The molecule has 1 amide bonds. The van der Waals surface area contributed by atoms with Crippen molar-refractivity contribution in [3.63, 3.8) is 0 Å². The van der Waals surface area contributed by atoms with Crippen LogP contribution in [0.2, 0.25) is 0 Å². The normalized spacial score (nSPS) is 22.9. The highest BCUT2D eigenvalue weighted by Crippen LogP contribution is 2.23. The van der Waals surface area contributed by atoms with E-state index in [-0.39, 0.29) is 17.6 Å². The number of carbonyl (C=O) groups excluding carboxylic acids is 1. The Morgan fingerprint density at radius 2 is 2.15 bits per heavy atom. The van der Waals surface area contributed by atoms with Crippen LogP contribution in [-0.4, -0.2) is 26.5 Å². The topological polar surface area (TPSA) is 79.3 Å². The average Bonchev–Trinajstić information content (AvgIpc) is 2.83. The summed E-state index contributed by atoms with van der Waals surface area (Å²) < 4.78 is 1.35. The predicted molar refractivity (Wildman–Crippen MR) is 74.7 cm³/mol. The smallest absolute Gasteiger partial charge is 0.347 e. The largest absolute Gasteiger partial charge is 0.349 e. The summed E-state index contributed by atoms with van der Waals surface area (Å²) >= 11 is 0. The summed E-state index contributed by atoms with van der Waals surface area (Å²) in [6.45, 7) is 2.24. The summed E-state index contributed by atoms with van der Waals surface area (Å²) in [5.74, 6) is 0.589. The van der Waals surface area contributed by atoms with E-state index in [0.717, 1.165) is 31.6 Å². The monoisotopic (exact) mass is 274 g/mol. The Labute approximate surface area is 116 Å². The molecule has 2 heterocycles. The number of fused-ring (bicyclic) bond motifs is 1. The van der Waals surface area contributed by atoms with Crippen molar-refractivity contribution in [3.8, 4) is 0 Å². The molecule has 6 nitrogen and oxygen atoms in total. The van der Waals surface area contributed by atoms with Crippen LogP contribution in [0.5, 0.6) is 0 Å². The maximum absolute atomic E-state index is 12.3. The van der Waals surface area contributed by atoms with Crippen LogP contribution in [0, 0.1) is 5.92 Å². The summed E-state index contributed by atoms with van der Waals surface area (Å²) in [5.41, 5.74) is 0.477. The van der Waals surface area contributed by atoms with Crippen molar-refractivity contribution in [3.05, 3.63) is 34.4 Å². The second-order valence-electron chi connectivity index (χ2n) is 5.57. The van der Waals surface area contributed by atoms with Crippen LogP contribution in [0.3, 0.4) is 0 Å². The van der Waals surface area contributed by atoms with Gasteiger partial charge in [-0.25, -0.2) is 14.3 Å². The maximum atomic E-state index is 12.3. The number of aromatic nitrogens is 3. The molecule has 6 heteroatoms. The molecule has 106 valence electrons. The van der Waals surface area contributed by atoms with Crippen molar-refractivity contribution in [1.29, 1.82) is 0 Å². The molecule has 0 aromatic carbocycles. The molecule has 2 aromatic rings. The van der Waals surface area contributed by atoms with E-state index < -0.39 is 0 Å². The number of H-pyrrole nitrogens is 1. The van der Waals surface area contributed by atoms with Crippen LogP contribution in [0.1, 0.15) is 43.0 Å². The Hall–Kier alpha value is -2.11. The lowest BCUT2D eigenvalue weighted by Gasteiger charge is -2.26. The van der Waals surface area contributed by atoms with Gasteiger partial charge in [0.1, 0.15) is 0 Å². The summed E-state index contributed by atoms with van der Waals surface area (Å²) in [5, 5.41) is 9.32. The zero-order valence-electron chi connectivity index (χ0n) is 11.4.